The van der Waals surface area contributed by atoms with Crippen LogP contribution in [0, 0.1) is 0 Å². The molecule has 1 aliphatic heterocycles. The van der Waals surface area contributed by atoms with Crippen LogP contribution in [0.1, 0.15) is 18.9 Å². The van der Waals surface area contributed by atoms with E-state index in [-0.39, 0.29) is 6.10 Å². The molecule has 0 aromatic heterocycles. The van der Waals surface area contributed by atoms with Crippen molar-refractivity contribution in [3.05, 3.63) is 29.8 Å². The summed E-state index contributed by atoms with van der Waals surface area (Å²) in [6.45, 7) is 2.50. The van der Waals surface area contributed by atoms with E-state index in [1.165, 1.54) is 0 Å². The van der Waals surface area contributed by atoms with Crippen molar-refractivity contribution >= 4 is 0 Å². The average Bonchev–Trinajstić information content (AvgIpc) is 2.61. The molecule has 0 aliphatic carbocycles. The quantitative estimate of drug-likeness (QED) is 0.803. The molecule has 2 rings (SSSR count). The first-order chi connectivity index (χ1) is 7.16. The van der Waals surface area contributed by atoms with Crippen LogP contribution in [-0.4, -0.2) is 24.9 Å². The maximum Gasteiger partial charge on any atom is 0.119 e. The first kappa shape index (κ1) is 10.5. The summed E-state index contributed by atoms with van der Waals surface area (Å²) in [6.07, 6.45) is 0.478. The standard InChI is InChI=1S/C12H16O3/c1-9-12(13,6-7-15-9)10-4-3-5-11(8-10)14-2/h3-5,8-9,13H,6-7H2,1-2H3. The van der Waals surface area contributed by atoms with Gasteiger partial charge in [0.05, 0.1) is 19.8 Å². The zero-order valence-electron chi connectivity index (χ0n) is 9.06. The van der Waals surface area contributed by atoms with E-state index in [2.05, 4.69) is 0 Å². The van der Waals surface area contributed by atoms with Gasteiger partial charge in [-0.1, -0.05) is 12.1 Å². The van der Waals surface area contributed by atoms with Crippen LogP contribution in [-0.2, 0) is 10.3 Å². The lowest BCUT2D eigenvalue weighted by molar-refractivity contribution is -0.0318. The molecule has 1 heterocycles. The monoisotopic (exact) mass is 208 g/mol. The third-order valence-corrected chi connectivity index (χ3v) is 3.09. The van der Waals surface area contributed by atoms with E-state index < -0.39 is 5.60 Å². The molecule has 1 aromatic carbocycles. The minimum absolute atomic E-state index is 0.162. The number of benzene rings is 1. The molecule has 1 aromatic rings. The maximum absolute atomic E-state index is 10.5. The van der Waals surface area contributed by atoms with Gasteiger partial charge in [-0.15, -0.1) is 0 Å². The topological polar surface area (TPSA) is 38.7 Å². The zero-order valence-corrected chi connectivity index (χ0v) is 9.06. The van der Waals surface area contributed by atoms with Crippen molar-refractivity contribution in [1.82, 2.24) is 0 Å². The summed E-state index contributed by atoms with van der Waals surface area (Å²) in [5.41, 5.74) is 0.000926. The Morgan fingerprint density at radius 2 is 2.33 bits per heavy atom. The Bertz CT molecular complexity index is 350. The van der Waals surface area contributed by atoms with Crippen LogP contribution in [0.2, 0.25) is 0 Å². The summed E-state index contributed by atoms with van der Waals surface area (Å²) in [6, 6.07) is 7.53. The molecule has 3 heteroatoms. The molecule has 0 bridgehead atoms. The molecule has 82 valence electrons. The van der Waals surface area contributed by atoms with Crippen LogP contribution in [0.15, 0.2) is 24.3 Å². The second-order valence-electron chi connectivity index (χ2n) is 3.92. The summed E-state index contributed by atoms with van der Waals surface area (Å²) in [4.78, 5) is 0. The number of aliphatic hydroxyl groups is 1. The Morgan fingerprint density at radius 3 is 2.93 bits per heavy atom. The molecule has 1 fully saturated rings. The van der Waals surface area contributed by atoms with Gasteiger partial charge in [0.15, 0.2) is 0 Å². The van der Waals surface area contributed by atoms with Gasteiger partial charge in [-0.05, 0) is 24.6 Å². The first-order valence-corrected chi connectivity index (χ1v) is 5.15. The Balaban J connectivity index is 2.35. The molecule has 15 heavy (non-hydrogen) atoms. The minimum atomic E-state index is -0.867. The zero-order chi connectivity index (χ0) is 10.9. The van der Waals surface area contributed by atoms with Crippen LogP contribution in [0.4, 0.5) is 0 Å². The fourth-order valence-corrected chi connectivity index (χ4v) is 2.00. The van der Waals surface area contributed by atoms with Gasteiger partial charge in [0.25, 0.3) is 0 Å². The number of methoxy groups -OCH3 is 1. The van der Waals surface area contributed by atoms with E-state index in [1.54, 1.807) is 7.11 Å². The SMILES string of the molecule is COc1cccc(C2(O)CCOC2C)c1. The molecule has 0 amide bonds. The van der Waals surface area contributed by atoms with Crippen molar-refractivity contribution in [3.8, 4) is 5.75 Å². The van der Waals surface area contributed by atoms with Crippen molar-refractivity contribution in [1.29, 1.82) is 0 Å². The highest BCUT2D eigenvalue weighted by Gasteiger charge is 2.41. The predicted molar refractivity (Wildman–Crippen MR) is 56.9 cm³/mol. The summed E-state index contributed by atoms with van der Waals surface area (Å²) >= 11 is 0. The molecule has 0 radical (unpaired) electrons. The van der Waals surface area contributed by atoms with Crippen LogP contribution in [0.5, 0.6) is 5.75 Å². The van der Waals surface area contributed by atoms with Gasteiger partial charge in [-0.25, -0.2) is 0 Å². The Labute approximate surface area is 89.6 Å². The number of hydrogen-bond acceptors (Lipinski definition) is 3. The van der Waals surface area contributed by atoms with E-state index in [0.717, 1.165) is 11.3 Å². The normalized spacial score (nSPS) is 30.5. The number of ether oxygens (including phenoxy) is 2. The van der Waals surface area contributed by atoms with E-state index in [1.807, 2.05) is 31.2 Å². The van der Waals surface area contributed by atoms with Gasteiger partial charge in [-0.2, -0.15) is 0 Å². The summed E-state index contributed by atoms with van der Waals surface area (Å²) in [5.74, 6) is 0.764. The van der Waals surface area contributed by atoms with Crippen LogP contribution >= 0.6 is 0 Å². The lowest BCUT2D eigenvalue weighted by atomic mass is 9.88. The van der Waals surface area contributed by atoms with Crippen LogP contribution in [0.25, 0.3) is 0 Å². The van der Waals surface area contributed by atoms with E-state index in [0.29, 0.717) is 13.0 Å². The summed E-state index contributed by atoms with van der Waals surface area (Å²) in [7, 11) is 1.62. The molecule has 2 atom stereocenters. The van der Waals surface area contributed by atoms with Gasteiger partial charge < -0.3 is 14.6 Å². The van der Waals surface area contributed by atoms with Gasteiger partial charge >= 0.3 is 0 Å². The van der Waals surface area contributed by atoms with Crippen molar-refractivity contribution < 1.29 is 14.6 Å². The van der Waals surface area contributed by atoms with E-state index >= 15 is 0 Å². The van der Waals surface area contributed by atoms with Gasteiger partial charge in [0.1, 0.15) is 11.4 Å². The Morgan fingerprint density at radius 1 is 1.53 bits per heavy atom. The fourth-order valence-electron chi connectivity index (χ4n) is 2.00. The van der Waals surface area contributed by atoms with Crippen LogP contribution < -0.4 is 4.74 Å². The lowest BCUT2D eigenvalue weighted by Gasteiger charge is -2.26. The molecule has 0 spiro atoms. The lowest BCUT2D eigenvalue weighted by Crippen LogP contribution is -2.33. The largest absolute Gasteiger partial charge is 0.497 e. The highest BCUT2D eigenvalue weighted by Crippen LogP contribution is 2.36. The predicted octanol–water partition coefficient (Wildman–Crippen LogP) is 1.69. The molecule has 0 saturated carbocycles. The van der Waals surface area contributed by atoms with Crippen molar-refractivity contribution in [2.24, 2.45) is 0 Å². The molecular formula is C12H16O3. The minimum Gasteiger partial charge on any atom is -0.497 e. The third kappa shape index (κ3) is 1.73. The van der Waals surface area contributed by atoms with Crippen molar-refractivity contribution in [3.63, 3.8) is 0 Å². The van der Waals surface area contributed by atoms with E-state index in [4.69, 9.17) is 9.47 Å². The average molecular weight is 208 g/mol. The second kappa shape index (κ2) is 3.83. The Kier molecular flexibility index (Phi) is 2.67. The van der Waals surface area contributed by atoms with Gasteiger partial charge in [0.2, 0.25) is 0 Å². The second-order valence-corrected chi connectivity index (χ2v) is 3.92. The molecule has 1 saturated heterocycles. The smallest absolute Gasteiger partial charge is 0.119 e. The Hall–Kier alpha value is -1.06. The maximum atomic E-state index is 10.5. The molecule has 1 N–H and O–H groups in total. The van der Waals surface area contributed by atoms with Gasteiger partial charge in [-0.3, -0.25) is 0 Å². The summed E-state index contributed by atoms with van der Waals surface area (Å²) in [5, 5.41) is 10.5. The van der Waals surface area contributed by atoms with Crippen molar-refractivity contribution in [2.45, 2.75) is 25.0 Å². The first-order valence-electron chi connectivity index (χ1n) is 5.15. The summed E-state index contributed by atoms with van der Waals surface area (Å²) < 4.78 is 10.5. The highest BCUT2D eigenvalue weighted by molar-refractivity contribution is 5.33. The molecule has 2 unspecified atom stereocenters. The third-order valence-electron chi connectivity index (χ3n) is 3.09. The number of hydrogen-bond donors (Lipinski definition) is 1. The van der Waals surface area contributed by atoms with Gasteiger partial charge in [0, 0.05) is 6.42 Å². The van der Waals surface area contributed by atoms with Crippen LogP contribution in [0.3, 0.4) is 0 Å². The van der Waals surface area contributed by atoms with Crippen molar-refractivity contribution in [2.75, 3.05) is 13.7 Å². The molecule has 1 aliphatic rings. The fraction of sp³-hybridized carbons (Fsp3) is 0.500. The number of rotatable bonds is 2. The van der Waals surface area contributed by atoms with E-state index in [9.17, 15) is 5.11 Å². The molecule has 3 nitrogen and oxygen atoms in total. The molecular weight excluding hydrogens is 192 g/mol. The highest BCUT2D eigenvalue weighted by atomic mass is 16.5.